The number of hydrogen-bond donors (Lipinski definition) is 0. The molecule has 0 bridgehead atoms. The fraction of sp³-hybridized carbons (Fsp3) is 0.381. The summed E-state index contributed by atoms with van der Waals surface area (Å²) in [6.45, 7) is 2.46. The number of benzene rings is 2. The first-order valence-corrected chi connectivity index (χ1v) is 11.6. The molecule has 0 unspecified atom stereocenters. The molecule has 2 aromatic carbocycles. The molecule has 0 saturated carbocycles. The molecule has 1 atom stereocenters. The number of anilines is 2. The van der Waals surface area contributed by atoms with Crippen molar-refractivity contribution in [1.82, 2.24) is 4.90 Å². The summed E-state index contributed by atoms with van der Waals surface area (Å²) >= 11 is 0. The molecule has 30 heavy (non-hydrogen) atoms. The number of fused-ring (bicyclic) bond motifs is 1. The van der Waals surface area contributed by atoms with Crippen LogP contribution in [0, 0.1) is 0 Å². The quantitative estimate of drug-likeness (QED) is 0.731. The Balaban J connectivity index is 1.44. The summed E-state index contributed by atoms with van der Waals surface area (Å²) in [5, 5.41) is 0. The number of amides is 1. The van der Waals surface area contributed by atoms with E-state index < -0.39 is 16.1 Å². The van der Waals surface area contributed by atoms with Crippen molar-refractivity contribution >= 4 is 27.3 Å². The van der Waals surface area contributed by atoms with Crippen LogP contribution in [0.3, 0.4) is 0 Å². The molecule has 9 heteroatoms. The van der Waals surface area contributed by atoms with Crippen LogP contribution in [0.4, 0.5) is 11.4 Å². The molecule has 8 nitrogen and oxygen atoms in total. The van der Waals surface area contributed by atoms with Gasteiger partial charge in [-0.15, -0.1) is 0 Å². The van der Waals surface area contributed by atoms with Crippen LogP contribution in [-0.4, -0.2) is 71.4 Å². The van der Waals surface area contributed by atoms with Gasteiger partial charge in [0.05, 0.1) is 25.6 Å². The molecule has 2 aromatic rings. The predicted molar refractivity (Wildman–Crippen MR) is 115 cm³/mol. The van der Waals surface area contributed by atoms with Crippen LogP contribution in [0.25, 0.3) is 0 Å². The molecule has 0 aliphatic carbocycles. The molecule has 1 saturated heterocycles. The summed E-state index contributed by atoms with van der Waals surface area (Å²) < 4.78 is 36.9. The molecule has 160 valence electrons. The number of para-hydroxylation sites is 2. The van der Waals surface area contributed by atoms with E-state index in [1.165, 1.54) is 4.31 Å². The lowest BCUT2D eigenvalue weighted by atomic mass is 10.2. The van der Waals surface area contributed by atoms with Crippen molar-refractivity contribution in [3.63, 3.8) is 0 Å². The second-order valence-corrected chi connectivity index (χ2v) is 9.29. The lowest BCUT2D eigenvalue weighted by Gasteiger charge is -2.40. The minimum absolute atomic E-state index is 0.0205. The van der Waals surface area contributed by atoms with E-state index in [1.807, 2.05) is 24.3 Å². The van der Waals surface area contributed by atoms with Gasteiger partial charge >= 0.3 is 0 Å². The van der Waals surface area contributed by atoms with Crippen LogP contribution in [0.1, 0.15) is 0 Å². The zero-order chi connectivity index (χ0) is 21.3. The number of nitrogens with zero attached hydrogens (tertiary/aromatic N) is 3. The maximum Gasteiger partial charge on any atom is 0.265 e. The Kier molecular flexibility index (Phi) is 5.46. The topological polar surface area (TPSA) is 79.4 Å². The van der Waals surface area contributed by atoms with Gasteiger partial charge < -0.3 is 19.3 Å². The zero-order valence-electron chi connectivity index (χ0n) is 17.0. The molecule has 2 aliphatic heterocycles. The number of sulfonamides is 1. The van der Waals surface area contributed by atoms with Crippen molar-refractivity contribution in [2.45, 2.75) is 6.10 Å². The zero-order valence-corrected chi connectivity index (χ0v) is 17.8. The maximum atomic E-state index is 13.1. The number of methoxy groups -OCH3 is 1. The molecule has 4 rings (SSSR count). The fourth-order valence-corrected chi connectivity index (χ4v) is 4.74. The smallest absolute Gasteiger partial charge is 0.265 e. The summed E-state index contributed by atoms with van der Waals surface area (Å²) in [6, 6.07) is 14.7. The van der Waals surface area contributed by atoms with Gasteiger partial charge in [-0.25, -0.2) is 8.42 Å². The minimum Gasteiger partial charge on any atom is -0.497 e. The average molecular weight is 432 g/mol. The van der Waals surface area contributed by atoms with Crippen LogP contribution in [-0.2, 0) is 14.8 Å². The van der Waals surface area contributed by atoms with Gasteiger partial charge in [0.15, 0.2) is 6.10 Å². The third-order valence-electron chi connectivity index (χ3n) is 5.44. The van der Waals surface area contributed by atoms with Crippen LogP contribution < -0.4 is 18.7 Å². The van der Waals surface area contributed by atoms with Gasteiger partial charge in [-0.2, -0.15) is 0 Å². The summed E-state index contributed by atoms with van der Waals surface area (Å²) in [5.74, 6) is 1.02. The summed E-state index contributed by atoms with van der Waals surface area (Å²) in [4.78, 5) is 17.1. The molecule has 2 aliphatic rings. The van der Waals surface area contributed by atoms with Crippen molar-refractivity contribution in [2.75, 3.05) is 55.3 Å². The summed E-state index contributed by atoms with van der Waals surface area (Å²) in [5.41, 5.74) is 1.54. The SMILES string of the molecule is COc1ccc(N2CCN(C(=O)[C@H]3CN(S(C)(=O)=O)c4ccccc4O3)CC2)cc1. The second kappa shape index (κ2) is 8.06. The summed E-state index contributed by atoms with van der Waals surface area (Å²) in [6.07, 6.45) is 0.284. The molecule has 1 fully saturated rings. The molecule has 0 radical (unpaired) electrons. The Hall–Kier alpha value is -2.94. The molecule has 0 N–H and O–H groups in total. The fourth-order valence-electron chi connectivity index (χ4n) is 3.83. The van der Waals surface area contributed by atoms with Gasteiger partial charge in [0, 0.05) is 31.9 Å². The predicted octanol–water partition coefficient (Wildman–Crippen LogP) is 1.57. The normalized spacial score (nSPS) is 19.1. The number of ether oxygens (including phenoxy) is 2. The lowest BCUT2D eigenvalue weighted by Crippen LogP contribution is -2.56. The third-order valence-corrected chi connectivity index (χ3v) is 6.59. The standard InChI is InChI=1S/C21H25N3O5S/c1-28-17-9-7-16(8-10-17)22-11-13-23(14-12-22)21(25)20-15-24(30(2,26)27)18-5-3-4-6-19(18)29-20/h3-10,20H,11-15H2,1-2H3/t20-/m1/s1. The Morgan fingerprint density at radius 1 is 1.03 bits per heavy atom. The minimum atomic E-state index is -3.52. The first-order chi connectivity index (χ1) is 14.4. The van der Waals surface area contributed by atoms with E-state index in [1.54, 1.807) is 36.3 Å². The highest BCUT2D eigenvalue weighted by atomic mass is 32.2. The highest BCUT2D eigenvalue weighted by Crippen LogP contribution is 2.35. The van der Waals surface area contributed by atoms with E-state index in [-0.39, 0.29) is 12.5 Å². The van der Waals surface area contributed by atoms with Crippen molar-refractivity contribution < 1.29 is 22.7 Å². The largest absolute Gasteiger partial charge is 0.497 e. The molecule has 0 spiro atoms. The maximum absolute atomic E-state index is 13.1. The lowest BCUT2D eigenvalue weighted by molar-refractivity contribution is -0.138. The van der Waals surface area contributed by atoms with Crippen LogP contribution in [0.5, 0.6) is 11.5 Å². The Labute approximate surface area is 176 Å². The highest BCUT2D eigenvalue weighted by Gasteiger charge is 2.37. The molecule has 2 heterocycles. The summed E-state index contributed by atoms with van der Waals surface area (Å²) in [7, 11) is -1.89. The monoisotopic (exact) mass is 431 g/mol. The molecular formula is C21H25N3O5S. The van der Waals surface area contributed by atoms with Crippen molar-refractivity contribution in [1.29, 1.82) is 0 Å². The number of rotatable bonds is 4. The van der Waals surface area contributed by atoms with E-state index in [0.29, 0.717) is 37.6 Å². The Morgan fingerprint density at radius 3 is 2.33 bits per heavy atom. The van der Waals surface area contributed by atoms with Crippen molar-refractivity contribution in [3.05, 3.63) is 48.5 Å². The second-order valence-electron chi connectivity index (χ2n) is 7.38. The van der Waals surface area contributed by atoms with Crippen LogP contribution >= 0.6 is 0 Å². The first kappa shape index (κ1) is 20.3. The number of carbonyl (C=O) groups is 1. The average Bonchev–Trinajstić information content (AvgIpc) is 2.77. The van der Waals surface area contributed by atoms with E-state index in [0.717, 1.165) is 17.7 Å². The molecular weight excluding hydrogens is 406 g/mol. The van der Waals surface area contributed by atoms with Crippen LogP contribution in [0.15, 0.2) is 48.5 Å². The number of hydrogen-bond acceptors (Lipinski definition) is 6. The van der Waals surface area contributed by atoms with E-state index >= 15 is 0 Å². The van der Waals surface area contributed by atoms with Crippen molar-refractivity contribution in [3.8, 4) is 11.5 Å². The Bertz CT molecular complexity index is 1020. The van der Waals surface area contributed by atoms with Gasteiger partial charge in [0.25, 0.3) is 5.91 Å². The van der Waals surface area contributed by atoms with Crippen molar-refractivity contribution in [2.24, 2.45) is 0 Å². The first-order valence-electron chi connectivity index (χ1n) is 9.78. The van der Waals surface area contributed by atoms with E-state index in [4.69, 9.17) is 9.47 Å². The van der Waals surface area contributed by atoms with Gasteiger partial charge in [-0.05, 0) is 36.4 Å². The number of piperazine rings is 1. The molecule has 0 aromatic heterocycles. The van der Waals surface area contributed by atoms with E-state index in [2.05, 4.69) is 4.90 Å². The molecule has 1 amide bonds. The number of carbonyl (C=O) groups excluding carboxylic acids is 1. The van der Waals surface area contributed by atoms with Gasteiger partial charge in [0.2, 0.25) is 10.0 Å². The van der Waals surface area contributed by atoms with E-state index in [9.17, 15) is 13.2 Å². The highest BCUT2D eigenvalue weighted by molar-refractivity contribution is 7.92. The van der Waals surface area contributed by atoms with Gasteiger partial charge in [0.1, 0.15) is 11.5 Å². The third kappa shape index (κ3) is 4.02. The van der Waals surface area contributed by atoms with Gasteiger partial charge in [-0.3, -0.25) is 9.10 Å². The Morgan fingerprint density at radius 2 is 1.70 bits per heavy atom. The van der Waals surface area contributed by atoms with Crippen LogP contribution in [0.2, 0.25) is 0 Å². The van der Waals surface area contributed by atoms with Gasteiger partial charge in [-0.1, -0.05) is 12.1 Å².